The number of hydrogen-bond donors (Lipinski definition) is 20. The maximum absolute atomic E-state index is 15.7. The minimum absolute atomic E-state index is 0.0512. The molecule has 0 aliphatic carbocycles. The number of para-hydroxylation sites is 1. The molecule has 33 nitrogen and oxygen atoms in total. The van der Waals surface area contributed by atoms with Gasteiger partial charge in [0.25, 0.3) is 0 Å². The molecule has 8 rings (SSSR count). The van der Waals surface area contributed by atoms with Crippen molar-refractivity contribution in [3.05, 3.63) is 173 Å². The molecule has 0 spiro atoms. The maximum Gasteiger partial charge on any atom is 0.327 e. The summed E-state index contributed by atoms with van der Waals surface area (Å²) in [6, 6.07) is 17.6. The summed E-state index contributed by atoms with van der Waals surface area (Å²) >= 11 is 0. The topological polar surface area (TPSA) is 527 Å². The van der Waals surface area contributed by atoms with E-state index < -0.39 is 181 Å². The van der Waals surface area contributed by atoms with Crippen LogP contribution in [0.25, 0.3) is 10.9 Å². The monoisotopic (exact) mass is 1670 g/mol. The molecular weight excluding hydrogens is 1560 g/mol. The van der Waals surface area contributed by atoms with Crippen LogP contribution in [0.1, 0.15) is 118 Å². The zero-order valence-electron chi connectivity index (χ0n) is 66.3. The quantitative estimate of drug-likeness (QED) is 0.0323. The number of carboxylic acids is 1. The number of carbonyl (C=O) groups excluding carboxylic acids is 12. The summed E-state index contributed by atoms with van der Waals surface area (Å²) in [5.41, 5.74) is 16.5. The summed E-state index contributed by atoms with van der Waals surface area (Å²) in [6.07, 6.45) is -0.388. The number of phenols is 1. The van der Waals surface area contributed by atoms with E-state index in [2.05, 4.69) is 74.1 Å². The van der Waals surface area contributed by atoms with Gasteiger partial charge >= 0.3 is 5.97 Å². The normalized spacial score (nSPS) is 23.5. The molecule has 2 bridgehead atoms. The minimum atomic E-state index is -1.87. The molecule has 12 amide bonds. The van der Waals surface area contributed by atoms with Gasteiger partial charge in [-0.2, -0.15) is 0 Å². The van der Waals surface area contributed by atoms with Crippen molar-refractivity contribution in [1.82, 2.24) is 74.1 Å². The average Bonchev–Trinajstić information content (AvgIpc) is 1.61. The summed E-state index contributed by atoms with van der Waals surface area (Å²) < 4.78 is 0. The van der Waals surface area contributed by atoms with Crippen molar-refractivity contribution < 1.29 is 82.8 Å². The van der Waals surface area contributed by atoms with E-state index in [0.29, 0.717) is 70.9 Å². The fourth-order valence-corrected chi connectivity index (χ4v) is 15.6. The van der Waals surface area contributed by atoms with Crippen LogP contribution >= 0.6 is 21.6 Å². The Morgan fingerprint density at radius 2 is 1.02 bits per heavy atom. The molecule has 3 heterocycles. The lowest BCUT2D eigenvalue weighted by Gasteiger charge is -2.29. The molecule has 35 heteroatoms. The number of aromatic hydroxyl groups is 1. The zero-order chi connectivity index (χ0) is 85.2. The number of aliphatic hydroxyl groups is 2. The number of nitrogens with one attached hydrogen (secondary N) is 14. The molecule has 2 saturated heterocycles. The van der Waals surface area contributed by atoms with E-state index in [4.69, 9.17) is 11.5 Å². The highest BCUT2D eigenvalue weighted by Gasteiger charge is 2.39. The lowest BCUT2D eigenvalue weighted by Crippen LogP contribution is -2.63. The van der Waals surface area contributed by atoms with E-state index in [1.165, 1.54) is 19.1 Å². The highest BCUT2D eigenvalue weighted by molar-refractivity contribution is 8.76. The average molecular weight is 1670 g/mol. The molecule has 2 fully saturated rings. The molecule has 2 aliphatic rings. The fourth-order valence-electron chi connectivity index (χ4n) is 13.3. The molecule has 5 aromatic carbocycles. The van der Waals surface area contributed by atoms with Crippen molar-refractivity contribution in [2.24, 2.45) is 11.5 Å². The molecule has 6 aromatic rings. The SMILES string of the molecule is CC(C)NCc1ccc(C[C@@H]2NC(=O)[C@@H](Cc3c[nH]c4ccccc34)NC(=O)[C@H]3CCC(=O)NCCCCCC[C@@H](NC(=O)[C@@H](Cc4ccccc4)NC(=O)[C@@H]([C@@H](C)O)NC2=O)C(=O)N[C@@H](CO)C(=O)N[C@H](C(=O)O)CSSC[C@@H](NC(=O)[C@@H](N)Cc2ccc(O)cc2)C(=O)N[C@H](CCCCN)C(=O)N[C@H](Cc2ccccc2)C(=O)N3)cc1. The second-order valence-corrected chi connectivity index (χ2v) is 32.3. The van der Waals surface area contributed by atoms with Crippen LogP contribution in [0.3, 0.4) is 0 Å². The van der Waals surface area contributed by atoms with Crippen LogP contribution in [-0.2, 0) is 101 Å². The number of carboxylic acid groups (broad SMARTS) is 1. The van der Waals surface area contributed by atoms with Crippen LogP contribution < -0.4 is 80.6 Å². The molecule has 118 heavy (non-hydrogen) atoms. The molecule has 13 atom stereocenters. The van der Waals surface area contributed by atoms with Gasteiger partial charge in [0.1, 0.15) is 72.2 Å². The van der Waals surface area contributed by atoms with Gasteiger partial charge in [-0.25, -0.2) is 4.79 Å². The zero-order valence-corrected chi connectivity index (χ0v) is 67.9. The second-order valence-electron chi connectivity index (χ2n) is 29.8. The minimum Gasteiger partial charge on any atom is -0.508 e. The number of benzene rings is 5. The van der Waals surface area contributed by atoms with E-state index in [0.717, 1.165) is 27.2 Å². The lowest BCUT2D eigenvalue weighted by atomic mass is 9.99. The fraction of sp³-hybridized carbons (Fsp3) is 0.458. The van der Waals surface area contributed by atoms with Gasteiger partial charge < -0.3 is 106 Å². The molecular formula is C83H110N16O17S2. The van der Waals surface area contributed by atoms with E-state index in [9.17, 15) is 54.0 Å². The Morgan fingerprint density at radius 1 is 0.517 bits per heavy atom. The second kappa shape index (κ2) is 47.4. The Kier molecular flexibility index (Phi) is 37.2. The molecule has 0 radical (unpaired) electrons. The van der Waals surface area contributed by atoms with Crippen LogP contribution in [0.15, 0.2) is 140 Å². The number of aliphatic carboxylic acids is 1. The number of phenolic OH excluding ortho intramolecular Hbond substituents is 1. The number of aliphatic hydroxyl groups excluding tert-OH is 2. The lowest BCUT2D eigenvalue weighted by molar-refractivity contribution is -0.142. The van der Waals surface area contributed by atoms with Crippen LogP contribution in [0.2, 0.25) is 0 Å². The third-order valence-electron chi connectivity index (χ3n) is 20.0. The smallest absolute Gasteiger partial charge is 0.327 e. The van der Waals surface area contributed by atoms with Gasteiger partial charge in [0.2, 0.25) is 70.9 Å². The van der Waals surface area contributed by atoms with Crippen molar-refractivity contribution in [3.8, 4) is 5.75 Å². The third-order valence-corrected chi connectivity index (χ3v) is 22.5. The highest BCUT2D eigenvalue weighted by Crippen LogP contribution is 2.25. The predicted octanol–water partition coefficient (Wildman–Crippen LogP) is 0.387. The van der Waals surface area contributed by atoms with Gasteiger partial charge in [0.05, 0.1) is 18.8 Å². The molecule has 2 aliphatic heterocycles. The van der Waals surface area contributed by atoms with E-state index in [1.54, 1.807) is 115 Å². The van der Waals surface area contributed by atoms with Crippen molar-refractivity contribution in [2.45, 2.75) is 208 Å². The maximum atomic E-state index is 15.7. The molecule has 1 aromatic heterocycles. The number of aromatic amines is 1. The van der Waals surface area contributed by atoms with Crippen molar-refractivity contribution >= 4 is 109 Å². The summed E-state index contributed by atoms with van der Waals surface area (Å²) in [6.45, 7) is 4.79. The first kappa shape index (κ1) is 92.6. The molecule has 0 unspecified atom stereocenters. The van der Waals surface area contributed by atoms with Crippen LogP contribution in [-0.4, -0.2) is 218 Å². The van der Waals surface area contributed by atoms with Gasteiger partial charge in [-0.1, -0.05) is 170 Å². The summed E-state index contributed by atoms with van der Waals surface area (Å²) in [5, 5.41) is 78.9. The van der Waals surface area contributed by atoms with Crippen molar-refractivity contribution in [2.75, 3.05) is 31.2 Å². The van der Waals surface area contributed by atoms with E-state index >= 15 is 28.8 Å². The number of rotatable bonds is 22. The van der Waals surface area contributed by atoms with Gasteiger partial charge in [0, 0.05) is 79.8 Å². The number of unbranched alkanes of at least 4 members (excludes halogenated alkanes) is 1. The van der Waals surface area contributed by atoms with Gasteiger partial charge in [-0.15, -0.1) is 0 Å². The standard InChI is InChI=1S/C83H110N16O17S2/c1-48(2)87-43-54-28-26-53(27-29-54)41-65-79(111)99-71(49(3)101)82(114)95-64(40-51-20-10-7-11-21-51)77(109)89-60-24-12-4-5-17-37-86-70(103)35-34-62(75(107)94-66(78(110)93-65)42-55-44-88-59-23-14-13-22-57(55)59)91-76(108)63(39-50-18-8-6-9-19-50)92-73(105)61(25-15-16-36-84)90-81(113)68(97-72(104)58(85)38-52-30-32-56(102)33-31-52)46-117-118-47-69(83(115)116)98-80(112)67(45-100)96-74(60)106/h6-11,13-14,18-23,26-33,44,48-49,58,60-69,71,87-88,100-102H,4-5,12,15-17,24-25,34-43,45-47,84-85H2,1-3H3,(H,86,103)(H,89,109)(H,90,113)(H,91,108)(H,92,105)(H,93,110)(H,94,107)(H,95,114)(H,96,106)(H,97,104)(H,98,112)(H,99,111)(H,115,116)/t49-,58+,60-,61-,62-,63-,64-,65+,66-,67+,68-,69+,71-/m1/s1. The summed E-state index contributed by atoms with van der Waals surface area (Å²) in [7, 11) is 1.70. The largest absolute Gasteiger partial charge is 0.508 e. The Labute approximate surface area is 692 Å². The number of amides is 12. The number of hydrogen-bond acceptors (Lipinski definition) is 21. The summed E-state index contributed by atoms with van der Waals surface area (Å²) in [5.74, 6) is -13.9. The first-order valence-corrected chi connectivity index (χ1v) is 42.2. The van der Waals surface area contributed by atoms with Gasteiger partial charge in [0.15, 0.2) is 0 Å². The van der Waals surface area contributed by atoms with Crippen molar-refractivity contribution in [1.29, 1.82) is 0 Å². The van der Waals surface area contributed by atoms with Gasteiger partial charge in [-0.3, -0.25) is 57.5 Å². The number of aromatic nitrogens is 1. The Morgan fingerprint density at radius 3 is 1.62 bits per heavy atom. The van der Waals surface area contributed by atoms with E-state index in [-0.39, 0.29) is 88.4 Å². The van der Waals surface area contributed by atoms with Crippen LogP contribution in [0.4, 0.5) is 0 Å². The predicted molar refractivity (Wildman–Crippen MR) is 445 cm³/mol. The van der Waals surface area contributed by atoms with Crippen LogP contribution in [0, 0.1) is 0 Å². The van der Waals surface area contributed by atoms with E-state index in [1.807, 2.05) is 26.0 Å². The van der Waals surface area contributed by atoms with Gasteiger partial charge in [-0.05, 0) is 110 Å². The highest BCUT2D eigenvalue weighted by atomic mass is 33.1. The summed E-state index contributed by atoms with van der Waals surface area (Å²) in [4.78, 5) is 195. The number of H-pyrrole nitrogens is 1. The molecule has 22 N–H and O–H groups in total. The molecule has 636 valence electrons. The van der Waals surface area contributed by atoms with Crippen LogP contribution in [0.5, 0.6) is 5.75 Å². The number of carbonyl (C=O) groups is 13. The first-order valence-electron chi connectivity index (χ1n) is 39.7. The first-order chi connectivity index (χ1) is 56.6. The molecule has 0 saturated carbocycles. The Balaban J connectivity index is 1.25. The number of nitrogens with two attached hydrogens (primary N) is 2. The van der Waals surface area contributed by atoms with Crippen molar-refractivity contribution in [3.63, 3.8) is 0 Å². The Hall–Kier alpha value is -11.0. The Bertz CT molecular complexity index is 4360. The third kappa shape index (κ3) is 29.9. The number of fused-ring (bicyclic) bond motifs is 12.